The van der Waals surface area contributed by atoms with Crippen LogP contribution in [-0.2, 0) is 0 Å². The number of aryl methyl sites for hydroxylation is 2. The maximum absolute atomic E-state index is 5.71. The van der Waals surface area contributed by atoms with Gasteiger partial charge in [0, 0.05) is 15.4 Å². The lowest BCUT2D eigenvalue weighted by Crippen LogP contribution is -2.05. The fraction of sp³-hybridized carbons (Fsp3) is 0.294. The molecule has 0 fully saturated rings. The summed E-state index contributed by atoms with van der Waals surface area (Å²) in [7, 11) is 0. The van der Waals surface area contributed by atoms with E-state index in [1.54, 1.807) is 0 Å². The molecule has 0 saturated heterocycles. The number of rotatable bonds is 6. The van der Waals surface area contributed by atoms with Crippen LogP contribution in [0.4, 0.5) is 0 Å². The van der Waals surface area contributed by atoms with Gasteiger partial charge in [-0.3, -0.25) is 0 Å². The van der Waals surface area contributed by atoms with Crippen LogP contribution >= 0.6 is 31.9 Å². The second-order valence-electron chi connectivity index (χ2n) is 4.87. The number of hydrogen-bond acceptors (Lipinski definition) is 2. The first kappa shape index (κ1) is 16.4. The first-order valence-corrected chi connectivity index (χ1v) is 8.43. The molecule has 0 aromatic heterocycles. The highest BCUT2D eigenvalue weighted by molar-refractivity contribution is 9.10. The highest BCUT2D eigenvalue weighted by Gasteiger charge is 2.00. The summed E-state index contributed by atoms with van der Waals surface area (Å²) in [6, 6.07) is 12.0. The van der Waals surface area contributed by atoms with Crippen molar-refractivity contribution in [3.8, 4) is 11.5 Å². The van der Waals surface area contributed by atoms with E-state index < -0.39 is 0 Å². The molecular weight excluding hydrogens is 396 g/mol. The Morgan fingerprint density at radius 1 is 0.762 bits per heavy atom. The van der Waals surface area contributed by atoms with E-state index in [2.05, 4.69) is 45.7 Å². The Morgan fingerprint density at radius 3 is 1.57 bits per heavy atom. The summed E-state index contributed by atoms with van der Waals surface area (Å²) in [5.74, 6) is 1.80. The zero-order chi connectivity index (χ0) is 15.2. The summed E-state index contributed by atoms with van der Waals surface area (Å²) in [5, 5.41) is 0. The molecule has 2 nitrogen and oxygen atoms in total. The fourth-order valence-corrected chi connectivity index (χ4v) is 2.35. The Kier molecular flexibility index (Phi) is 6.12. The molecule has 0 N–H and O–H groups in total. The van der Waals surface area contributed by atoms with Gasteiger partial charge in [0.1, 0.15) is 11.5 Å². The summed E-state index contributed by atoms with van der Waals surface area (Å²) in [4.78, 5) is 0. The predicted molar refractivity (Wildman–Crippen MR) is 93.4 cm³/mol. The summed E-state index contributed by atoms with van der Waals surface area (Å²) >= 11 is 6.96. The molecule has 2 aromatic rings. The molecule has 0 aliphatic carbocycles. The van der Waals surface area contributed by atoms with Crippen molar-refractivity contribution in [3.63, 3.8) is 0 Å². The smallest absolute Gasteiger partial charge is 0.119 e. The second kappa shape index (κ2) is 7.85. The van der Waals surface area contributed by atoms with E-state index >= 15 is 0 Å². The van der Waals surface area contributed by atoms with Crippen LogP contribution in [0.1, 0.15) is 17.5 Å². The van der Waals surface area contributed by atoms with E-state index in [-0.39, 0.29) is 0 Å². The van der Waals surface area contributed by atoms with Crippen LogP contribution in [0.25, 0.3) is 0 Å². The molecule has 0 atom stereocenters. The highest BCUT2D eigenvalue weighted by atomic mass is 79.9. The van der Waals surface area contributed by atoms with Crippen LogP contribution < -0.4 is 9.47 Å². The van der Waals surface area contributed by atoms with Crippen LogP contribution in [0.15, 0.2) is 45.3 Å². The van der Waals surface area contributed by atoms with Gasteiger partial charge in [0.2, 0.25) is 0 Å². The first-order chi connectivity index (χ1) is 10.1. The monoisotopic (exact) mass is 412 g/mol. The van der Waals surface area contributed by atoms with Crippen LogP contribution in [0.2, 0.25) is 0 Å². The van der Waals surface area contributed by atoms with Gasteiger partial charge in [0.05, 0.1) is 13.2 Å². The number of benzene rings is 2. The fourth-order valence-electron chi connectivity index (χ4n) is 1.85. The van der Waals surface area contributed by atoms with Crippen LogP contribution in [-0.4, -0.2) is 13.2 Å². The minimum Gasteiger partial charge on any atom is -0.493 e. The van der Waals surface area contributed by atoms with E-state index in [1.165, 1.54) is 11.1 Å². The molecule has 112 valence electrons. The molecule has 0 aliphatic heterocycles. The number of hydrogen-bond donors (Lipinski definition) is 0. The van der Waals surface area contributed by atoms with E-state index in [0.29, 0.717) is 13.2 Å². The van der Waals surface area contributed by atoms with E-state index in [1.807, 2.05) is 36.4 Å². The largest absolute Gasteiger partial charge is 0.493 e. The minimum absolute atomic E-state index is 0.649. The molecule has 0 spiro atoms. The first-order valence-electron chi connectivity index (χ1n) is 6.84. The van der Waals surface area contributed by atoms with Crippen molar-refractivity contribution >= 4 is 31.9 Å². The predicted octanol–water partition coefficient (Wildman–Crippen LogP) is 5.68. The van der Waals surface area contributed by atoms with Crippen molar-refractivity contribution < 1.29 is 9.47 Å². The molecule has 0 radical (unpaired) electrons. The van der Waals surface area contributed by atoms with Crippen molar-refractivity contribution in [2.75, 3.05) is 13.2 Å². The van der Waals surface area contributed by atoms with Crippen molar-refractivity contribution in [2.24, 2.45) is 0 Å². The van der Waals surface area contributed by atoms with Gasteiger partial charge in [0.15, 0.2) is 0 Å². The number of halogens is 2. The van der Waals surface area contributed by atoms with Crippen molar-refractivity contribution in [3.05, 3.63) is 56.5 Å². The summed E-state index contributed by atoms with van der Waals surface area (Å²) in [6.45, 7) is 5.40. The van der Waals surface area contributed by atoms with E-state index in [9.17, 15) is 0 Å². The maximum Gasteiger partial charge on any atom is 0.119 e. The van der Waals surface area contributed by atoms with Crippen LogP contribution in [0, 0.1) is 13.8 Å². The van der Waals surface area contributed by atoms with Crippen LogP contribution in [0.5, 0.6) is 11.5 Å². The van der Waals surface area contributed by atoms with Crippen molar-refractivity contribution in [1.29, 1.82) is 0 Å². The number of ether oxygens (including phenoxy) is 2. The minimum atomic E-state index is 0.649. The van der Waals surface area contributed by atoms with Gasteiger partial charge < -0.3 is 9.47 Å². The average Bonchev–Trinajstić information content (AvgIpc) is 2.46. The summed E-state index contributed by atoms with van der Waals surface area (Å²) in [5.41, 5.74) is 2.35. The van der Waals surface area contributed by atoms with Gasteiger partial charge in [-0.15, -0.1) is 0 Å². The Morgan fingerprint density at radius 2 is 1.19 bits per heavy atom. The van der Waals surface area contributed by atoms with Gasteiger partial charge in [-0.1, -0.05) is 31.9 Å². The Labute approximate surface area is 142 Å². The van der Waals surface area contributed by atoms with Gasteiger partial charge >= 0.3 is 0 Å². The molecule has 0 unspecified atom stereocenters. The van der Waals surface area contributed by atoms with Crippen LogP contribution in [0.3, 0.4) is 0 Å². The van der Waals surface area contributed by atoms with Gasteiger partial charge in [-0.2, -0.15) is 0 Å². The summed E-state index contributed by atoms with van der Waals surface area (Å²) in [6.07, 6.45) is 0.851. The third kappa shape index (κ3) is 5.04. The van der Waals surface area contributed by atoms with Gasteiger partial charge in [-0.25, -0.2) is 0 Å². The molecule has 0 bridgehead atoms. The Hall–Kier alpha value is -1.00. The average molecular weight is 414 g/mol. The summed E-state index contributed by atoms with van der Waals surface area (Å²) < 4.78 is 13.6. The maximum atomic E-state index is 5.71. The lowest BCUT2D eigenvalue weighted by molar-refractivity contribution is 0.247. The molecule has 2 rings (SSSR count). The standard InChI is InChI=1S/C17H18Br2O2/c1-12-10-14(4-6-16(12)18)20-8-3-9-21-15-5-7-17(19)13(2)11-15/h4-7,10-11H,3,8-9H2,1-2H3. The molecule has 0 amide bonds. The van der Waals surface area contributed by atoms with Crippen molar-refractivity contribution in [2.45, 2.75) is 20.3 Å². The quantitative estimate of drug-likeness (QED) is 0.567. The van der Waals surface area contributed by atoms with Gasteiger partial charge in [0.25, 0.3) is 0 Å². The SMILES string of the molecule is Cc1cc(OCCCOc2ccc(Br)c(C)c2)ccc1Br. The van der Waals surface area contributed by atoms with Crippen molar-refractivity contribution in [1.82, 2.24) is 0 Å². The normalized spacial score (nSPS) is 10.5. The van der Waals surface area contributed by atoms with E-state index in [0.717, 1.165) is 26.9 Å². The van der Waals surface area contributed by atoms with Gasteiger partial charge in [-0.05, 0) is 61.4 Å². The van der Waals surface area contributed by atoms with E-state index in [4.69, 9.17) is 9.47 Å². The molecule has 0 heterocycles. The third-order valence-corrected chi connectivity index (χ3v) is 4.86. The highest BCUT2D eigenvalue weighted by Crippen LogP contribution is 2.22. The molecule has 21 heavy (non-hydrogen) atoms. The second-order valence-corrected chi connectivity index (χ2v) is 6.58. The molecule has 0 saturated carbocycles. The lowest BCUT2D eigenvalue weighted by Gasteiger charge is -2.10. The molecule has 4 heteroatoms. The molecule has 0 aliphatic rings. The Balaban J connectivity index is 1.72. The zero-order valence-electron chi connectivity index (χ0n) is 12.2. The Bertz CT molecular complexity index is 558. The third-order valence-electron chi connectivity index (χ3n) is 3.08. The molecular formula is C17H18Br2O2. The molecule has 2 aromatic carbocycles. The topological polar surface area (TPSA) is 18.5 Å². The lowest BCUT2D eigenvalue weighted by atomic mass is 10.2. The zero-order valence-corrected chi connectivity index (χ0v) is 15.3.